The maximum atomic E-state index is 12.8. The molecule has 6 nitrogen and oxygen atoms in total. The van der Waals surface area contributed by atoms with Gasteiger partial charge in [-0.2, -0.15) is 0 Å². The number of amides is 2. The van der Waals surface area contributed by atoms with E-state index >= 15 is 0 Å². The molecule has 1 aromatic heterocycles. The van der Waals surface area contributed by atoms with E-state index in [9.17, 15) is 9.59 Å². The fourth-order valence-corrected chi connectivity index (χ4v) is 5.08. The Balaban J connectivity index is 1.16. The lowest BCUT2D eigenvalue weighted by Crippen LogP contribution is -2.45. The molecule has 1 aliphatic rings. The smallest absolute Gasteiger partial charge is 0.287 e. The Hall–Kier alpha value is -3.64. The predicted octanol–water partition coefficient (Wildman–Crippen LogP) is 5.54. The number of fused-ring (bicyclic) bond motifs is 3. The zero-order valence-corrected chi connectivity index (χ0v) is 20.2. The summed E-state index contributed by atoms with van der Waals surface area (Å²) in [6, 6.07) is 22.3. The average Bonchev–Trinajstić information content (AvgIpc) is 3.32. The summed E-state index contributed by atoms with van der Waals surface area (Å²) in [5, 5.41) is 8.98. The Kier molecular flexibility index (Phi) is 6.55. The van der Waals surface area contributed by atoms with Gasteiger partial charge in [0.25, 0.3) is 5.91 Å². The summed E-state index contributed by atoms with van der Waals surface area (Å²) in [6.07, 6.45) is 2.11. The number of benzene rings is 3. The van der Waals surface area contributed by atoms with Gasteiger partial charge in [0.15, 0.2) is 5.76 Å². The molecule has 6 heteroatoms. The van der Waals surface area contributed by atoms with Gasteiger partial charge in [-0.15, -0.1) is 0 Å². The monoisotopic (exact) mass is 469 g/mol. The van der Waals surface area contributed by atoms with E-state index in [1.807, 2.05) is 48.5 Å². The third-order valence-corrected chi connectivity index (χ3v) is 7.02. The molecule has 0 spiro atoms. The molecule has 2 N–H and O–H groups in total. The number of nitrogens with one attached hydrogen (secondary N) is 2. The van der Waals surface area contributed by atoms with Crippen molar-refractivity contribution in [2.75, 3.05) is 25.0 Å². The van der Waals surface area contributed by atoms with Gasteiger partial charge in [0.2, 0.25) is 5.91 Å². The molecule has 1 saturated heterocycles. The van der Waals surface area contributed by atoms with Gasteiger partial charge in [0.05, 0.1) is 0 Å². The molecule has 1 aliphatic heterocycles. The van der Waals surface area contributed by atoms with E-state index in [0.29, 0.717) is 18.2 Å². The number of hydrogen-bond donors (Lipinski definition) is 2. The molecule has 1 unspecified atom stereocenters. The quantitative estimate of drug-likeness (QED) is 0.389. The summed E-state index contributed by atoms with van der Waals surface area (Å²) in [7, 11) is 0. The third-order valence-electron chi connectivity index (χ3n) is 7.02. The second-order valence-corrected chi connectivity index (χ2v) is 9.49. The molecule has 180 valence electrons. The van der Waals surface area contributed by atoms with Crippen LogP contribution < -0.4 is 10.6 Å². The molecular weight excluding hydrogens is 438 g/mol. The second kappa shape index (κ2) is 9.92. The van der Waals surface area contributed by atoms with Gasteiger partial charge in [-0.05, 0) is 67.9 Å². The Morgan fingerprint density at radius 3 is 2.57 bits per heavy atom. The van der Waals surface area contributed by atoms with Gasteiger partial charge in [-0.25, -0.2) is 0 Å². The molecule has 1 atom stereocenters. The predicted molar refractivity (Wildman–Crippen MR) is 140 cm³/mol. The van der Waals surface area contributed by atoms with Crippen molar-refractivity contribution in [3.8, 4) is 0 Å². The number of hydrogen-bond acceptors (Lipinski definition) is 4. The van der Waals surface area contributed by atoms with E-state index in [1.165, 1.54) is 12.5 Å². The highest BCUT2D eigenvalue weighted by Crippen LogP contribution is 2.31. The lowest BCUT2D eigenvalue weighted by Gasteiger charge is -2.36. The van der Waals surface area contributed by atoms with Crippen LogP contribution in [0.25, 0.3) is 21.7 Å². The largest absolute Gasteiger partial charge is 0.450 e. The third kappa shape index (κ3) is 5.08. The summed E-state index contributed by atoms with van der Waals surface area (Å²) < 4.78 is 5.97. The van der Waals surface area contributed by atoms with Crippen molar-refractivity contribution in [2.45, 2.75) is 38.6 Å². The minimum atomic E-state index is -0.179. The van der Waals surface area contributed by atoms with Crippen molar-refractivity contribution < 1.29 is 14.0 Å². The van der Waals surface area contributed by atoms with Crippen molar-refractivity contribution >= 4 is 39.2 Å². The summed E-state index contributed by atoms with van der Waals surface area (Å²) in [4.78, 5) is 26.6. The minimum Gasteiger partial charge on any atom is -0.450 e. The maximum Gasteiger partial charge on any atom is 0.287 e. The van der Waals surface area contributed by atoms with Crippen LogP contribution in [0, 0.1) is 0 Å². The lowest BCUT2D eigenvalue weighted by molar-refractivity contribution is -0.114. The number of likely N-dealkylation sites (tertiary alicyclic amines) is 1. The van der Waals surface area contributed by atoms with E-state index in [-0.39, 0.29) is 17.9 Å². The van der Waals surface area contributed by atoms with E-state index in [1.54, 1.807) is 0 Å². The number of carbonyl (C=O) groups is 2. The zero-order valence-electron chi connectivity index (χ0n) is 20.2. The van der Waals surface area contributed by atoms with E-state index in [0.717, 1.165) is 53.4 Å². The first-order chi connectivity index (χ1) is 17.0. The molecule has 5 rings (SSSR count). The first-order valence-corrected chi connectivity index (χ1v) is 12.3. The van der Waals surface area contributed by atoms with Crippen LogP contribution in [0.2, 0.25) is 0 Å². The fourth-order valence-electron chi connectivity index (χ4n) is 5.08. The van der Waals surface area contributed by atoms with Gasteiger partial charge < -0.3 is 15.1 Å². The normalized spacial score (nSPS) is 15.8. The molecule has 4 aromatic rings. The first kappa shape index (κ1) is 23.1. The standard InChI is InChI=1S/C29H31N3O3/c1-19(32-14-12-21(13-15-32)23-7-5-8-25(16-23)31-20(2)33)18-30-29(34)27-17-24-11-10-22-6-3-4-9-26(22)28(24)35-27/h3-11,16-17,19,21H,12-15,18H2,1-2H3,(H,30,34)(H,31,33). The number of nitrogens with zero attached hydrogens (tertiary/aromatic N) is 1. The summed E-state index contributed by atoms with van der Waals surface area (Å²) in [5.41, 5.74) is 2.88. The molecule has 0 radical (unpaired) electrons. The van der Waals surface area contributed by atoms with Gasteiger partial charge in [-0.1, -0.05) is 48.5 Å². The van der Waals surface area contributed by atoms with Gasteiger partial charge >= 0.3 is 0 Å². The van der Waals surface area contributed by atoms with Crippen LogP contribution >= 0.6 is 0 Å². The number of furan rings is 1. The van der Waals surface area contributed by atoms with Crippen molar-refractivity contribution in [1.29, 1.82) is 0 Å². The lowest BCUT2D eigenvalue weighted by atomic mass is 9.88. The van der Waals surface area contributed by atoms with E-state index < -0.39 is 0 Å². The second-order valence-electron chi connectivity index (χ2n) is 9.49. The topological polar surface area (TPSA) is 74.6 Å². The molecule has 0 aliphatic carbocycles. The first-order valence-electron chi connectivity index (χ1n) is 12.3. The molecule has 2 amide bonds. The van der Waals surface area contributed by atoms with Crippen molar-refractivity contribution in [2.24, 2.45) is 0 Å². The maximum absolute atomic E-state index is 12.8. The highest BCUT2D eigenvalue weighted by atomic mass is 16.3. The molecule has 3 aromatic carbocycles. The van der Waals surface area contributed by atoms with Gasteiger partial charge in [-0.3, -0.25) is 14.5 Å². The van der Waals surface area contributed by atoms with Crippen LogP contribution in [0.15, 0.2) is 71.1 Å². The Morgan fingerprint density at radius 2 is 1.77 bits per heavy atom. The molecular formula is C29H31N3O3. The molecule has 0 bridgehead atoms. The number of carbonyl (C=O) groups excluding carboxylic acids is 2. The van der Waals surface area contributed by atoms with Crippen LogP contribution in [0.5, 0.6) is 0 Å². The van der Waals surface area contributed by atoms with Crippen LogP contribution in [-0.2, 0) is 4.79 Å². The molecule has 2 heterocycles. The van der Waals surface area contributed by atoms with Crippen molar-refractivity contribution in [1.82, 2.24) is 10.2 Å². The number of piperidine rings is 1. The molecule has 0 saturated carbocycles. The number of rotatable bonds is 6. The summed E-state index contributed by atoms with van der Waals surface area (Å²) in [6.45, 7) is 6.20. The van der Waals surface area contributed by atoms with Crippen LogP contribution in [-0.4, -0.2) is 42.4 Å². The molecule has 35 heavy (non-hydrogen) atoms. The van der Waals surface area contributed by atoms with Gasteiger partial charge in [0.1, 0.15) is 5.58 Å². The van der Waals surface area contributed by atoms with E-state index in [2.05, 4.69) is 40.7 Å². The Morgan fingerprint density at radius 1 is 1.00 bits per heavy atom. The minimum absolute atomic E-state index is 0.0520. The SMILES string of the molecule is CC(=O)Nc1cccc(C2CCN(C(C)CNC(=O)c3cc4ccc5ccccc5c4o3)CC2)c1. The average molecular weight is 470 g/mol. The molecule has 1 fully saturated rings. The highest BCUT2D eigenvalue weighted by Gasteiger charge is 2.24. The van der Waals surface area contributed by atoms with Crippen LogP contribution in [0.4, 0.5) is 5.69 Å². The highest BCUT2D eigenvalue weighted by molar-refractivity contribution is 6.07. The van der Waals surface area contributed by atoms with Crippen molar-refractivity contribution in [3.05, 3.63) is 78.1 Å². The van der Waals surface area contributed by atoms with Crippen LogP contribution in [0.3, 0.4) is 0 Å². The van der Waals surface area contributed by atoms with E-state index in [4.69, 9.17) is 4.42 Å². The van der Waals surface area contributed by atoms with Crippen molar-refractivity contribution in [3.63, 3.8) is 0 Å². The Bertz CT molecular complexity index is 1370. The van der Waals surface area contributed by atoms with Crippen LogP contribution in [0.1, 0.15) is 48.7 Å². The fraction of sp³-hybridized carbons (Fsp3) is 0.310. The van der Waals surface area contributed by atoms with Gasteiger partial charge in [0, 0.05) is 36.0 Å². The summed E-state index contributed by atoms with van der Waals surface area (Å²) in [5.74, 6) is 0.596. The Labute approximate surface area is 205 Å². The number of anilines is 1. The summed E-state index contributed by atoms with van der Waals surface area (Å²) >= 11 is 0. The zero-order chi connectivity index (χ0) is 24.4.